The van der Waals surface area contributed by atoms with Crippen molar-refractivity contribution in [2.24, 2.45) is 0 Å². The summed E-state index contributed by atoms with van der Waals surface area (Å²) in [6, 6.07) is 1.93. The molecule has 5 atom stereocenters. The van der Waals surface area contributed by atoms with Gasteiger partial charge in [-0.1, -0.05) is 29.7 Å². The molecule has 1 aliphatic carbocycles. The van der Waals surface area contributed by atoms with Crippen molar-refractivity contribution in [1.29, 1.82) is 0 Å². The van der Waals surface area contributed by atoms with Gasteiger partial charge in [0.2, 0.25) is 0 Å². The van der Waals surface area contributed by atoms with Crippen molar-refractivity contribution in [2.75, 3.05) is 18.5 Å². The van der Waals surface area contributed by atoms with Crippen molar-refractivity contribution in [1.82, 2.24) is 20.0 Å². The summed E-state index contributed by atoms with van der Waals surface area (Å²) in [5.74, 6) is -1.77. The van der Waals surface area contributed by atoms with Crippen LogP contribution in [0.5, 0.6) is 0 Å². The molecule has 6 N–H and O–H groups in total. The van der Waals surface area contributed by atoms with Crippen molar-refractivity contribution in [3.63, 3.8) is 0 Å². The van der Waals surface area contributed by atoms with Gasteiger partial charge in [0.1, 0.15) is 23.5 Å². The highest BCUT2D eigenvalue weighted by atomic mass is 35.5. The van der Waals surface area contributed by atoms with E-state index in [4.69, 9.17) is 36.0 Å². The van der Waals surface area contributed by atoms with E-state index in [0.29, 0.717) is 11.2 Å². The number of nitrogens with zero attached hydrogens (tertiary/aromatic N) is 4. The summed E-state index contributed by atoms with van der Waals surface area (Å²) in [5, 5.41) is 41.7. The predicted molar refractivity (Wildman–Crippen MR) is 111 cm³/mol. The van der Waals surface area contributed by atoms with Gasteiger partial charge in [-0.25, -0.2) is 4.98 Å². The van der Waals surface area contributed by atoms with Crippen LogP contribution in [0.4, 0.5) is 5.69 Å². The van der Waals surface area contributed by atoms with Gasteiger partial charge in [-0.05, 0) is 12.8 Å². The monoisotopic (exact) mass is 493 g/mol. The van der Waals surface area contributed by atoms with E-state index in [1.165, 1.54) is 4.68 Å². The summed E-state index contributed by atoms with van der Waals surface area (Å²) in [5.41, 5.74) is 1.31. The Hall–Kier alpha value is -1.41. The Kier molecular flexibility index (Phi) is 7.01. The second kappa shape index (κ2) is 9.45. The van der Waals surface area contributed by atoms with Crippen LogP contribution in [-0.2, 0) is 14.0 Å². The van der Waals surface area contributed by atoms with E-state index in [-0.39, 0.29) is 16.8 Å². The van der Waals surface area contributed by atoms with Crippen LogP contribution < -0.4 is 5.32 Å². The molecule has 15 heteroatoms. The normalized spacial score (nSPS) is 27.9. The number of halogens is 1. The number of aliphatic hydroxyl groups is 3. The van der Waals surface area contributed by atoms with E-state index in [0.717, 1.165) is 25.7 Å². The second-order valence-corrected chi connectivity index (χ2v) is 10.1. The number of ether oxygens (including phenoxy) is 2. The number of pyridine rings is 1. The van der Waals surface area contributed by atoms with E-state index in [1.54, 1.807) is 6.07 Å². The number of rotatable bonds is 8. The van der Waals surface area contributed by atoms with E-state index in [1.807, 2.05) is 0 Å². The minimum Gasteiger partial charge on any atom is -0.393 e. The van der Waals surface area contributed by atoms with Crippen LogP contribution in [0.1, 0.15) is 31.9 Å². The number of aliphatic hydroxyl groups excluding tert-OH is 3. The average Bonchev–Trinajstić information content (AvgIpc) is 3.44. The van der Waals surface area contributed by atoms with Crippen molar-refractivity contribution in [3.8, 4) is 0 Å². The Morgan fingerprint density at radius 1 is 1.31 bits per heavy atom. The van der Waals surface area contributed by atoms with E-state index in [9.17, 15) is 14.8 Å². The maximum absolute atomic E-state index is 11.3. The molecule has 2 aromatic heterocycles. The van der Waals surface area contributed by atoms with Crippen molar-refractivity contribution < 1.29 is 39.1 Å². The molecule has 0 amide bonds. The highest BCUT2D eigenvalue weighted by Crippen LogP contribution is 2.42. The first kappa shape index (κ1) is 23.7. The molecule has 0 radical (unpaired) electrons. The number of hydrogen-bond donors (Lipinski definition) is 6. The minimum absolute atomic E-state index is 0.182. The average molecular weight is 494 g/mol. The molecule has 0 bridgehead atoms. The number of fused-ring (bicyclic) bond motifs is 1. The minimum atomic E-state index is -4.72. The molecule has 0 unspecified atom stereocenters. The third-order valence-corrected chi connectivity index (χ3v) is 6.93. The molecule has 0 aromatic carbocycles. The molecule has 32 heavy (non-hydrogen) atoms. The van der Waals surface area contributed by atoms with Crippen molar-refractivity contribution in [3.05, 3.63) is 11.2 Å². The van der Waals surface area contributed by atoms with Crippen LogP contribution in [-0.4, -0.2) is 88.5 Å². The zero-order chi connectivity index (χ0) is 23.0. The molecule has 3 heterocycles. The van der Waals surface area contributed by atoms with Gasteiger partial charge in [0, 0.05) is 12.1 Å². The number of anilines is 1. The van der Waals surface area contributed by atoms with Crippen molar-refractivity contribution in [2.45, 2.75) is 62.1 Å². The lowest BCUT2D eigenvalue weighted by Gasteiger charge is -2.20. The third-order valence-electron chi connectivity index (χ3n) is 5.68. The van der Waals surface area contributed by atoms with Gasteiger partial charge in [-0.2, -0.15) is 4.68 Å². The Morgan fingerprint density at radius 2 is 2.03 bits per heavy atom. The van der Waals surface area contributed by atoms with Gasteiger partial charge >= 0.3 is 7.60 Å². The van der Waals surface area contributed by atoms with E-state index in [2.05, 4.69) is 20.6 Å². The molecule has 1 saturated carbocycles. The summed E-state index contributed by atoms with van der Waals surface area (Å²) >= 11 is 6.19. The molecular weight excluding hydrogens is 469 g/mol. The molecule has 1 saturated heterocycles. The molecule has 1 aliphatic heterocycles. The highest BCUT2D eigenvalue weighted by molar-refractivity contribution is 7.52. The predicted octanol–water partition coefficient (Wildman–Crippen LogP) is -0.0339. The van der Waals surface area contributed by atoms with Crippen LogP contribution >= 0.6 is 19.2 Å². The Balaban J connectivity index is 1.54. The Bertz CT molecular complexity index is 999. The topological polar surface area (TPSA) is 192 Å². The van der Waals surface area contributed by atoms with Gasteiger partial charge in [-0.3, -0.25) is 4.57 Å². The number of hydrogen-bond acceptors (Lipinski definition) is 10. The molecule has 178 valence electrons. The number of aromatic nitrogens is 4. The van der Waals surface area contributed by atoms with Crippen LogP contribution in [0.25, 0.3) is 11.2 Å². The van der Waals surface area contributed by atoms with E-state index < -0.39 is 51.2 Å². The lowest BCUT2D eigenvalue weighted by molar-refractivity contribution is -0.0812. The Morgan fingerprint density at radius 3 is 2.69 bits per heavy atom. The maximum Gasteiger partial charge on any atom is 0.356 e. The second-order valence-electron chi connectivity index (χ2n) is 7.93. The zero-order valence-electron chi connectivity index (χ0n) is 16.9. The summed E-state index contributed by atoms with van der Waals surface area (Å²) in [6.45, 7) is -1.41. The molecule has 0 spiro atoms. The molecular formula is C17H25ClN5O8P. The summed E-state index contributed by atoms with van der Waals surface area (Å²) < 4.78 is 23.2. The van der Waals surface area contributed by atoms with E-state index >= 15 is 0 Å². The summed E-state index contributed by atoms with van der Waals surface area (Å²) in [6.07, 6.45) is -0.936. The van der Waals surface area contributed by atoms with Crippen LogP contribution in [0.2, 0.25) is 5.15 Å². The fourth-order valence-corrected chi connectivity index (χ4v) is 4.67. The molecule has 2 aromatic rings. The molecule has 2 aliphatic rings. The Labute approximate surface area is 187 Å². The van der Waals surface area contributed by atoms with Gasteiger partial charge in [0.25, 0.3) is 0 Å². The van der Waals surface area contributed by atoms with Crippen LogP contribution in [0.15, 0.2) is 6.07 Å². The lowest BCUT2D eigenvalue weighted by atomic mass is 10.1. The summed E-state index contributed by atoms with van der Waals surface area (Å²) in [4.78, 5) is 22.6. The molecule has 13 nitrogen and oxygen atoms in total. The standard InChI is InChI=1S/C17H25ClN5O8P/c18-11-5-9(19-8-3-1-2-4-8)13-16(20-11)23(22-21-13)17-15(26)14(25)10(31-17)7-30-12(6-24)32(27,28)29/h5,8,10,12,14-15,17,24-26H,1-4,6-7H2,(H,19,20)(H2,27,28,29)/t10-,12-,14-,15-,17-/m1/s1. The SMILES string of the molecule is O=P(O)(O)[C@H](CO)OC[C@H]1O[C@@H](n2nnc3c(NC4CCCC4)cc(Cl)nc32)[C@H](O)[C@@H]1O. The summed E-state index contributed by atoms with van der Waals surface area (Å²) in [7, 11) is -4.72. The first-order valence-corrected chi connectivity index (χ1v) is 12.2. The highest BCUT2D eigenvalue weighted by Gasteiger charge is 2.46. The van der Waals surface area contributed by atoms with Gasteiger partial charge in [-0.15, -0.1) is 5.10 Å². The van der Waals surface area contributed by atoms with Crippen molar-refractivity contribution >= 4 is 36.0 Å². The smallest absolute Gasteiger partial charge is 0.356 e. The lowest BCUT2D eigenvalue weighted by Crippen LogP contribution is -2.35. The maximum atomic E-state index is 11.3. The van der Waals surface area contributed by atoms with Crippen LogP contribution in [0, 0.1) is 0 Å². The molecule has 2 fully saturated rings. The molecule has 4 rings (SSSR count). The fourth-order valence-electron chi connectivity index (χ4n) is 3.99. The first-order chi connectivity index (χ1) is 15.2. The van der Waals surface area contributed by atoms with Gasteiger partial charge < -0.3 is 39.9 Å². The quantitative estimate of drug-likeness (QED) is 0.213. The van der Waals surface area contributed by atoms with Crippen LogP contribution in [0.3, 0.4) is 0 Å². The first-order valence-electron chi connectivity index (χ1n) is 10.2. The third kappa shape index (κ3) is 4.76. The largest absolute Gasteiger partial charge is 0.393 e. The zero-order valence-corrected chi connectivity index (χ0v) is 18.5. The van der Waals surface area contributed by atoms with Gasteiger partial charge in [0.05, 0.1) is 18.9 Å². The van der Waals surface area contributed by atoms with Gasteiger partial charge in [0.15, 0.2) is 23.2 Å². The number of nitrogens with one attached hydrogen (secondary N) is 1. The fraction of sp³-hybridized carbons (Fsp3) is 0.706.